The minimum absolute atomic E-state index is 0.00270. The number of hydrogen-bond donors (Lipinski definition) is 2. The number of aromatic nitrogens is 1. The summed E-state index contributed by atoms with van der Waals surface area (Å²) in [7, 11) is 0. The Labute approximate surface area is 188 Å². The summed E-state index contributed by atoms with van der Waals surface area (Å²) in [5, 5.41) is 12.0. The highest BCUT2D eigenvalue weighted by Gasteiger charge is 2.51. The molecule has 0 spiro atoms. The number of nitrogens with zero attached hydrogens (tertiary/aromatic N) is 1. The second kappa shape index (κ2) is 10.3. The van der Waals surface area contributed by atoms with Crippen molar-refractivity contribution in [1.82, 2.24) is 10.3 Å². The fourth-order valence-electron chi connectivity index (χ4n) is 5.08. The number of nitrogens with one attached hydrogen (secondary N) is 1. The fraction of sp³-hybridized carbons (Fsp3) is 0.560. The van der Waals surface area contributed by atoms with Crippen molar-refractivity contribution in [2.24, 2.45) is 5.92 Å². The van der Waals surface area contributed by atoms with Gasteiger partial charge in [0.1, 0.15) is 6.26 Å². The van der Waals surface area contributed by atoms with Crippen LogP contribution in [0.3, 0.4) is 0 Å². The average molecular weight is 441 g/mol. The lowest BCUT2D eigenvalue weighted by Gasteiger charge is -2.26. The Bertz CT molecular complexity index is 940. The number of ether oxygens (including phenoxy) is 1. The zero-order chi connectivity index (χ0) is 22.5. The molecule has 2 N–H and O–H groups in total. The predicted octanol–water partition coefficient (Wildman–Crippen LogP) is 4.12. The number of aliphatic carboxylic acids is 1. The van der Waals surface area contributed by atoms with E-state index in [4.69, 9.17) is 14.3 Å². The number of rotatable bonds is 11. The van der Waals surface area contributed by atoms with Gasteiger partial charge in [-0.25, -0.2) is 4.98 Å². The summed E-state index contributed by atoms with van der Waals surface area (Å²) in [4.78, 5) is 28.0. The molecule has 0 aliphatic carbocycles. The van der Waals surface area contributed by atoms with Crippen molar-refractivity contribution in [2.75, 3.05) is 6.54 Å². The quantitative estimate of drug-likeness (QED) is 0.510. The minimum Gasteiger partial charge on any atom is -0.481 e. The molecule has 3 heterocycles. The number of carboxylic acids is 1. The Morgan fingerprint density at radius 2 is 1.94 bits per heavy atom. The van der Waals surface area contributed by atoms with Crippen LogP contribution in [0.2, 0.25) is 0 Å². The largest absolute Gasteiger partial charge is 0.481 e. The first-order chi connectivity index (χ1) is 15.6. The van der Waals surface area contributed by atoms with Crippen LogP contribution in [0.15, 0.2) is 34.9 Å². The van der Waals surface area contributed by atoms with Crippen LogP contribution in [-0.4, -0.2) is 40.7 Å². The van der Waals surface area contributed by atoms with Gasteiger partial charge in [-0.1, -0.05) is 44.0 Å². The summed E-state index contributed by atoms with van der Waals surface area (Å²) in [6, 6.07) is 8.03. The van der Waals surface area contributed by atoms with E-state index in [1.54, 1.807) is 0 Å². The zero-order valence-corrected chi connectivity index (χ0v) is 18.6. The molecule has 7 nitrogen and oxygen atoms in total. The summed E-state index contributed by atoms with van der Waals surface area (Å²) in [6.45, 7) is 2.77. The molecule has 2 aliphatic rings. The van der Waals surface area contributed by atoms with Gasteiger partial charge in [0.15, 0.2) is 5.69 Å². The van der Waals surface area contributed by atoms with Crippen LogP contribution in [0, 0.1) is 5.92 Å². The molecule has 2 saturated heterocycles. The monoisotopic (exact) mass is 440 g/mol. The molecule has 172 valence electrons. The molecule has 2 bridgehead atoms. The molecular weight excluding hydrogens is 408 g/mol. The molecule has 1 aromatic carbocycles. The summed E-state index contributed by atoms with van der Waals surface area (Å²) in [5.41, 5.74) is 2.54. The van der Waals surface area contributed by atoms with E-state index in [1.165, 1.54) is 6.26 Å². The third-order valence-electron chi connectivity index (χ3n) is 6.71. The minimum atomic E-state index is -0.791. The van der Waals surface area contributed by atoms with Crippen molar-refractivity contribution in [3.63, 3.8) is 0 Å². The van der Waals surface area contributed by atoms with E-state index in [9.17, 15) is 9.59 Å². The van der Waals surface area contributed by atoms with E-state index >= 15 is 0 Å². The molecule has 1 amide bonds. The van der Waals surface area contributed by atoms with Gasteiger partial charge in [-0.2, -0.15) is 0 Å². The maximum Gasteiger partial charge on any atom is 0.303 e. The van der Waals surface area contributed by atoms with Gasteiger partial charge in [-0.3, -0.25) is 9.59 Å². The van der Waals surface area contributed by atoms with Crippen molar-refractivity contribution < 1.29 is 23.8 Å². The smallest absolute Gasteiger partial charge is 0.303 e. The molecule has 2 aliphatic heterocycles. The number of unbranched alkanes of at least 4 members (excludes halogenated alkanes) is 2. The molecule has 32 heavy (non-hydrogen) atoms. The van der Waals surface area contributed by atoms with Gasteiger partial charge < -0.3 is 19.6 Å². The topological polar surface area (TPSA) is 102 Å². The third-order valence-corrected chi connectivity index (χ3v) is 6.71. The predicted molar refractivity (Wildman–Crippen MR) is 119 cm³/mol. The number of amides is 1. The summed E-state index contributed by atoms with van der Waals surface area (Å²) in [5.74, 6) is -0.220. The highest BCUT2D eigenvalue weighted by atomic mass is 16.5. The van der Waals surface area contributed by atoms with Crippen molar-refractivity contribution in [3.8, 4) is 0 Å². The average Bonchev–Trinajstić information content (AvgIpc) is 3.52. The Kier molecular flexibility index (Phi) is 7.25. The summed E-state index contributed by atoms with van der Waals surface area (Å²) >= 11 is 0. The van der Waals surface area contributed by atoms with Crippen molar-refractivity contribution in [3.05, 3.63) is 53.2 Å². The molecular formula is C25H32N2O5. The summed E-state index contributed by atoms with van der Waals surface area (Å²) in [6.07, 6.45) is 8.17. The lowest BCUT2D eigenvalue weighted by Crippen LogP contribution is -2.28. The Balaban J connectivity index is 1.47. The second-order valence-electron chi connectivity index (χ2n) is 8.88. The number of aryl methyl sites for hydroxylation is 1. The van der Waals surface area contributed by atoms with Crippen LogP contribution in [0.4, 0.5) is 0 Å². The first kappa shape index (κ1) is 22.5. The van der Waals surface area contributed by atoms with E-state index in [1.807, 2.05) is 18.2 Å². The van der Waals surface area contributed by atoms with E-state index < -0.39 is 5.97 Å². The molecule has 2 aromatic rings. The standard InChI is InChI=1S/C25H32N2O5/c1-2-3-6-13-26-24(30)19-15-31-25(27-19)23-18(20-10-11-21(23)32-20)14-17-8-5-4-7-16(17)9-12-22(28)29/h4-5,7-8,15,18,20-21,23H,2-3,6,9-14H2,1H3,(H,26,30)(H,28,29). The van der Waals surface area contributed by atoms with Gasteiger partial charge >= 0.3 is 5.97 Å². The molecule has 4 unspecified atom stereocenters. The first-order valence-electron chi connectivity index (χ1n) is 11.7. The van der Waals surface area contributed by atoms with E-state index in [-0.39, 0.29) is 36.4 Å². The third kappa shape index (κ3) is 5.04. The number of oxazole rings is 1. The van der Waals surface area contributed by atoms with Crippen LogP contribution < -0.4 is 5.32 Å². The van der Waals surface area contributed by atoms with E-state index in [0.29, 0.717) is 24.6 Å². The molecule has 4 atom stereocenters. The van der Waals surface area contributed by atoms with E-state index in [0.717, 1.165) is 49.7 Å². The highest BCUT2D eigenvalue weighted by Crippen LogP contribution is 2.49. The molecule has 7 heteroatoms. The molecule has 4 rings (SSSR count). The van der Waals surface area contributed by atoms with Crippen LogP contribution in [0.1, 0.15) is 78.9 Å². The number of benzene rings is 1. The molecule has 0 saturated carbocycles. The van der Waals surface area contributed by atoms with Crippen LogP contribution in [-0.2, 0) is 22.4 Å². The number of fused-ring (bicyclic) bond motifs is 2. The first-order valence-corrected chi connectivity index (χ1v) is 11.7. The normalized spacial score (nSPS) is 24.0. The molecule has 2 fully saturated rings. The lowest BCUT2D eigenvalue weighted by atomic mass is 9.75. The van der Waals surface area contributed by atoms with Gasteiger partial charge in [0.25, 0.3) is 5.91 Å². The van der Waals surface area contributed by atoms with E-state index in [2.05, 4.69) is 23.3 Å². The summed E-state index contributed by atoms with van der Waals surface area (Å²) < 4.78 is 12.0. The Morgan fingerprint density at radius 1 is 1.16 bits per heavy atom. The van der Waals surface area contributed by atoms with Gasteiger partial charge in [-0.15, -0.1) is 0 Å². The van der Waals surface area contributed by atoms with Crippen LogP contribution in [0.25, 0.3) is 0 Å². The Morgan fingerprint density at radius 3 is 2.72 bits per heavy atom. The van der Waals surface area contributed by atoms with Crippen LogP contribution >= 0.6 is 0 Å². The van der Waals surface area contributed by atoms with Gasteiger partial charge in [0.05, 0.1) is 18.1 Å². The number of carboxylic acid groups (broad SMARTS) is 1. The lowest BCUT2D eigenvalue weighted by molar-refractivity contribution is -0.136. The Hall–Kier alpha value is -2.67. The van der Waals surface area contributed by atoms with Crippen LogP contribution in [0.5, 0.6) is 0 Å². The van der Waals surface area contributed by atoms with Crippen molar-refractivity contribution in [2.45, 2.75) is 76.4 Å². The van der Waals surface area contributed by atoms with Gasteiger partial charge in [0, 0.05) is 18.9 Å². The number of carbonyl (C=O) groups is 2. The number of hydrogen-bond acceptors (Lipinski definition) is 5. The molecule has 0 radical (unpaired) electrons. The fourth-order valence-corrected chi connectivity index (χ4v) is 5.08. The van der Waals surface area contributed by atoms with Crippen molar-refractivity contribution >= 4 is 11.9 Å². The second-order valence-corrected chi connectivity index (χ2v) is 8.88. The molecule has 1 aromatic heterocycles. The SMILES string of the molecule is CCCCCNC(=O)c1coc(C2C3CCC(O3)C2Cc2ccccc2CCC(=O)O)n1. The highest BCUT2D eigenvalue weighted by molar-refractivity contribution is 5.91. The number of carbonyl (C=O) groups excluding carboxylic acids is 1. The van der Waals surface area contributed by atoms with Gasteiger partial charge in [0.2, 0.25) is 5.89 Å². The van der Waals surface area contributed by atoms with Gasteiger partial charge in [-0.05, 0) is 43.2 Å². The maximum absolute atomic E-state index is 12.4. The zero-order valence-electron chi connectivity index (χ0n) is 18.6. The maximum atomic E-state index is 12.4. The van der Waals surface area contributed by atoms with Crippen molar-refractivity contribution in [1.29, 1.82) is 0 Å².